The molecule has 1 aliphatic heterocycles. The fourth-order valence-corrected chi connectivity index (χ4v) is 1.38. The van der Waals surface area contributed by atoms with Crippen LogP contribution in [0.3, 0.4) is 0 Å². The zero-order valence-electron chi connectivity index (χ0n) is 8.08. The van der Waals surface area contributed by atoms with Gasteiger partial charge in [-0.1, -0.05) is 0 Å². The molecule has 1 heterocycles. The third kappa shape index (κ3) is 2.44. The standard InChI is InChI=1S/C8H13NO6/c1-3(11)9-5-6(13)7(4(12)2-10)15-8(5)14/h4-7,10,12-13H,2H2,1H3,(H,9,11)/t4-,5?,6?,7?/m0/s1. The maximum Gasteiger partial charge on any atom is 0.331 e. The highest BCUT2D eigenvalue weighted by atomic mass is 16.6. The van der Waals surface area contributed by atoms with Gasteiger partial charge in [-0.2, -0.15) is 0 Å². The maximum absolute atomic E-state index is 11.2. The summed E-state index contributed by atoms with van der Waals surface area (Å²) in [6, 6.07) is -1.19. The number of aliphatic hydroxyl groups is 3. The van der Waals surface area contributed by atoms with E-state index >= 15 is 0 Å². The maximum atomic E-state index is 11.2. The number of esters is 1. The Morgan fingerprint density at radius 1 is 1.67 bits per heavy atom. The Balaban J connectivity index is 2.69. The molecule has 86 valence electrons. The third-order valence-electron chi connectivity index (χ3n) is 2.11. The second-order valence-electron chi connectivity index (χ2n) is 3.32. The van der Waals surface area contributed by atoms with Crippen molar-refractivity contribution in [3.05, 3.63) is 0 Å². The van der Waals surface area contributed by atoms with E-state index in [4.69, 9.17) is 5.11 Å². The molecule has 0 radical (unpaired) electrons. The molecule has 4 N–H and O–H groups in total. The van der Waals surface area contributed by atoms with Gasteiger partial charge in [0.25, 0.3) is 0 Å². The minimum Gasteiger partial charge on any atom is -0.455 e. The summed E-state index contributed by atoms with van der Waals surface area (Å²) in [6.07, 6.45) is -3.93. The van der Waals surface area contributed by atoms with E-state index in [0.717, 1.165) is 0 Å². The Labute approximate surface area is 85.7 Å². The van der Waals surface area contributed by atoms with Gasteiger partial charge in [0.2, 0.25) is 5.91 Å². The molecule has 1 rings (SSSR count). The van der Waals surface area contributed by atoms with E-state index in [2.05, 4.69) is 10.1 Å². The molecule has 7 nitrogen and oxygen atoms in total. The topological polar surface area (TPSA) is 116 Å². The molecule has 1 aliphatic rings. The Bertz CT molecular complexity index is 268. The van der Waals surface area contributed by atoms with E-state index in [9.17, 15) is 19.8 Å². The van der Waals surface area contributed by atoms with Crippen molar-refractivity contribution in [3.63, 3.8) is 0 Å². The quantitative estimate of drug-likeness (QED) is 0.379. The van der Waals surface area contributed by atoms with Crippen molar-refractivity contribution in [2.75, 3.05) is 6.61 Å². The first-order valence-corrected chi connectivity index (χ1v) is 4.42. The average molecular weight is 219 g/mol. The van der Waals surface area contributed by atoms with Crippen LogP contribution in [0.25, 0.3) is 0 Å². The number of amides is 1. The summed E-state index contributed by atoms with van der Waals surface area (Å²) in [5, 5.41) is 29.6. The number of ether oxygens (including phenoxy) is 1. The van der Waals surface area contributed by atoms with Gasteiger partial charge in [-0.3, -0.25) is 4.79 Å². The predicted octanol–water partition coefficient (Wildman–Crippen LogP) is -2.87. The molecule has 0 bridgehead atoms. The molecule has 1 amide bonds. The van der Waals surface area contributed by atoms with Gasteiger partial charge < -0.3 is 25.4 Å². The van der Waals surface area contributed by atoms with Crippen molar-refractivity contribution in [1.82, 2.24) is 5.32 Å². The Kier molecular flexibility index (Phi) is 3.61. The molecule has 0 aromatic heterocycles. The van der Waals surface area contributed by atoms with Crippen LogP contribution < -0.4 is 5.32 Å². The number of rotatable bonds is 3. The zero-order valence-corrected chi connectivity index (χ0v) is 8.08. The first-order valence-electron chi connectivity index (χ1n) is 4.42. The normalized spacial score (nSPS) is 32.3. The van der Waals surface area contributed by atoms with Crippen molar-refractivity contribution in [2.24, 2.45) is 0 Å². The van der Waals surface area contributed by atoms with E-state index in [0.29, 0.717) is 0 Å². The summed E-state index contributed by atoms with van der Waals surface area (Å²) >= 11 is 0. The minimum atomic E-state index is -1.36. The van der Waals surface area contributed by atoms with E-state index in [1.807, 2.05) is 0 Å². The number of carbonyl (C=O) groups is 2. The number of hydrogen-bond donors (Lipinski definition) is 4. The molecule has 15 heavy (non-hydrogen) atoms. The lowest BCUT2D eigenvalue weighted by molar-refractivity contribution is -0.149. The lowest BCUT2D eigenvalue weighted by Gasteiger charge is -2.18. The van der Waals surface area contributed by atoms with Crippen LogP contribution in [0.5, 0.6) is 0 Å². The number of nitrogens with one attached hydrogen (secondary N) is 1. The van der Waals surface area contributed by atoms with Gasteiger partial charge in [0, 0.05) is 6.92 Å². The smallest absolute Gasteiger partial charge is 0.331 e. The molecule has 4 atom stereocenters. The molecule has 0 aromatic rings. The predicted molar refractivity (Wildman–Crippen MR) is 46.6 cm³/mol. The van der Waals surface area contributed by atoms with Gasteiger partial charge in [-0.15, -0.1) is 0 Å². The van der Waals surface area contributed by atoms with Gasteiger partial charge in [0.1, 0.15) is 12.2 Å². The van der Waals surface area contributed by atoms with Crippen molar-refractivity contribution >= 4 is 11.9 Å². The molecule has 1 fully saturated rings. The van der Waals surface area contributed by atoms with E-state index in [1.54, 1.807) is 0 Å². The highest BCUT2D eigenvalue weighted by molar-refractivity contribution is 5.85. The van der Waals surface area contributed by atoms with Crippen LogP contribution in [-0.2, 0) is 14.3 Å². The number of cyclic esters (lactones) is 1. The molecule has 0 spiro atoms. The van der Waals surface area contributed by atoms with Crippen molar-refractivity contribution in [1.29, 1.82) is 0 Å². The molecule has 0 aliphatic carbocycles. The van der Waals surface area contributed by atoms with Gasteiger partial charge in [0.15, 0.2) is 12.1 Å². The van der Waals surface area contributed by atoms with Crippen LogP contribution in [0.1, 0.15) is 6.92 Å². The highest BCUT2D eigenvalue weighted by Crippen LogP contribution is 2.18. The lowest BCUT2D eigenvalue weighted by atomic mass is 10.0. The Morgan fingerprint density at radius 2 is 2.27 bits per heavy atom. The third-order valence-corrected chi connectivity index (χ3v) is 2.11. The van der Waals surface area contributed by atoms with E-state index in [-0.39, 0.29) is 0 Å². The van der Waals surface area contributed by atoms with Gasteiger partial charge in [-0.05, 0) is 0 Å². The van der Waals surface area contributed by atoms with Crippen LogP contribution in [0.15, 0.2) is 0 Å². The summed E-state index contributed by atoms with van der Waals surface area (Å²) in [6.45, 7) is 0.553. The van der Waals surface area contributed by atoms with E-state index < -0.39 is 42.8 Å². The minimum absolute atomic E-state index is 0.491. The summed E-state index contributed by atoms with van der Waals surface area (Å²) in [5.74, 6) is -1.31. The largest absolute Gasteiger partial charge is 0.455 e. The summed E-state index contributed by atoms with van der Waals surface area (Å²) < 4.78 is 4.63. The second-order valence-corrected chi connectivity index (χ2v) is 3.32. The fourth-order valence-electron chi connectivity index (χ4n) is 1.38. The van der Waals surface area contributed by atoms with Gasteiger partial charge >= 0.3 is 5.97 Å². The molecule has 3 unspecified atom stereocenters. The van der Waals surface area contributed by atoms with Gasteiger partial charge in [-0.25, -0.2) is 4.79 Å². The highest BCUT2D eigenvalue weighted by Gasteiger charge is 2.47. The fraction of sp³-hybridized carbons (Fsp3) is 0.750. The van der Waals surface area contributed by atoms with Crippen molar-refractivity contribution in [3.8, 4) is 0 Å². The summed E-state index contributed by atoms with van der Waals surface area (Å²) in [4.78, 5) is 21.9. The first-order chi connectivity index (χ1) is 6.97. The second kappa shape index (κ2) is 4.56. The SMILES string of the molecule is CC(=O)NC1C(=O)OC([C@@H](O)CO)C1O. The Hall–Kier alpha value is -1.18. The molecular formula is C8H13NO6. The van der Waals surface area contributed by atoms with Crippen LogP contribution in [0.4, 0.5) is 0 Å². The van der Waals surface area contributed by atoms with E-state index in [1.165, 1.54) is 6.92 Å². The number of carbonyl (C=O) groups excluding carboxylic acids is 2. The first kappa shape index (κ1) is 11.9. The Morgan fingerprint density at radius 3 is 2.73 bits per heavy atom. The van der Waals surface area contributed by atoms with Crippen molar-refractivity contribution in [2.45, 2.75) is 31.3 Å². The van der Waals surface area contributed by atoms with Crippen LogP contribution in [-0.4, -0.2) is 58.2 Å². The van der Waals surface area contributed by atoms with Crippen LogP contribution in [0.2, 0.25) is 0 Å². The van der Waals surface area contributed by atoms with Gasteiger partial charge in [0.05, 0.1) is 6.61 Å². The zero-order chi connectivity index (χ0) is 11.6. The number of aliphatic hydroxyl groups excluding tert-OH is 3. The number of hydrogen-bond acceptors (Lipinski definition) is 6. The average Bonchev–Trinajstić information content (AvgIpc) is 2.44. The molecule has 0 aromatic carbocycles. The monoisotopic (exact) mass is 219 g/mol. The summed E-state index contributed by atoms with van der Waals surface area (Å²) in [7, 11) is 0. The lowest BCUT2D eigenvalue weighted by Crippen LogP contribution is -2.47. The molecule has 0 saturated carbocycles. The summed E-state index contributed by atoms with van der Waals surface area (Å²) in [5.41, 5.74) is 0. The molecule has 1 saturated heterocycles. The molecule has 7 heteroatoms. The van der Waals surface area contributed by atoms with Crippen molar-refractivity contribution < 1.29 is 29.6 Å². The van der Waals surface area contributed by atoms with Crippen LogP contribution >= 0.6 is 0 Å². The van der Waals surface area contributed by atoms with Crippen LogP contribution in [0, 0.1) is 0 Å². The molecular weight excluding hydrogens is 206 g/mol.